The summed E-state index contributed by atoms with van der Waals surface area (Å²) in [4.78, 5) is 16.6. The lowest BCUT2D eigenvalue weighted by Gasteiger charge is -2.05. The first kappa shape index (κ1) is 12.9. The molecule has 0 radical (unpaired) electrons. The van der Waals surface area contributed by atoms with Gasteiger partial charge in [-0.3, -0.25) is 0 Å². The summed E-state index contributed by atoms with van der Waals surface area (Å²) in [6, 6.07) is 0. The minimum absolute atomic E-state index is 0.153. The predicted molar refractivity (Wildman–Crippen MR) is 49.1 cm³/mol. The van der Waals surface area contributed by atoms with Crippen molar-refractivity contribution in [2.75, 3.05) is 0 Å². The maximum atomic E-state index is 12.1. The number of alkyl halides is 3. The number of aliphatic carboxylic acids is 1. The summed E-state index contributed by atoms with van der Waals surface area (Å²) in [5.74, 6) is -2.67. The SMILES string of the molecule is O=C(O)C(=CO)Cc1cnc(C(F)(F)F)nc1. The zero-order chi connectivity index (χ0) is 13.1. The molecule has 0 aliphatic carbocycles. The van der Waals surface area contributed by atoms with Crippen molar-refractivity contribution in [3.05, 3.63) is 35.6 Å². The Morgan fingerprint density at radius 3 is 2.24 bits per heavy atom. The fraction of sp³-hybridized carbons (Fsp3) is 0.222. The van der Waals surface area contributed by atoms with E-state index in [9.17, 15) is 18.0 Å². The Morgan fingerprint density at radius 2 is 1.88 bits per heavy atom. The van der Waals surface area contributed by atoms with Gasteiger partial charge in [0.2, 0.25) is 5.82 Å². The van der Waals surface area contributed by atoms with Gasteiger partial charge in [-0.2, -0.15) is 13.2 Å². The molecule has 0 spiro atoms. The lowest BCUT2D eigenvalue weighted by atomic mass is 10.1. The normalized spacial score (nSPS) is 12.5. The van der Waals surface area contributed by atoms with E-state index in [1.165, 1.54) is 0 Å². The van der Waals surface area contributed by atoms with Crippen LogP contribution in [0.4, 0.5) is 13.2 Å². The Balaban J connectivity index is 2.86. The Kier molecular flexibility index (Phi) is 3.66. The third-order valence-electron chi connectivity index (χ3n) is 1.78. The molecule has 17 heavy (non-hydrogen) atoms. The molecule has 8 heteroatoms. The largest absolute Gasteiger partial charge is 0.515 e. The number of rotatable bonds is 3. The number of aromatic nitrogens is 2. The fourth-order valence-corrected chi connectivity index (χ4v) is 0.989. The number of carboxylic acids is 1. The van der Waals surface area contributed by atoms with Crippen molar-refractivity contribution in [1.82, 2.24) is 9.97 Å². The van der Waals surface area contributed by atoms with Gasteiger partial charge in [0.1, 0.15) is 0 Å². The van der Waals surface area contributed by atoms with Gasteiger partial charge in [-0.05, 0) is 5.56 Å². The third kappa shape index (κ3) is 3.44. The van der Waals surface area contributed by atoms with E-state index in [4.69, 9.17) is 10.2 Å². The summed E-state index contributed by atoms with van der Waals surface area (Å²) in [7, 11) is 0. The topological polar surface area (TPSA) is 83.3 Å². The second-order valence-electron chi connectivity index (χ2n) is 3.05. The molecule has 1 aromatic heterocycles. The zero-order valence-corrected chi connectivity index (χ0v) is 8.27. The van der Waals surface area contributed by atoms with Gasteiger partial charge in [-0.1, -0.05) is 0 Å². The van der Waals surface area contributed by atoms with Crippen molar-refractivity contribution < 1.29 is 28.2 Å². The number of aliphatic hydroxyl groups is 1. The minimum Gasteiger partial charge on any atom is -0.515 e. The van der Waals surface area contributed by atoms with Crippen molar-refractivity contribution in [2.45, 2.75) is 12.6 Å². The highest BCUT2D eigenvalue weighted by atomic mass is 19.4. The number of carbonyl (C=O) groups is 1. The van der Waals surface area contributed by atoms with Gasteiger partial charge in [0.05, 0.1) is 11.8 Å². The van der Waals surface area contributed by atoms with Crippen molar-refractivity contribution in [2.24, 2.45) is 0 Å². The number of nitrogens with zero attached hydrogens (tertiary/aromatic N) is 2. The summed E-state index contributed by atoms with van der Waals surface area (Å²) >= 11 is 0. The molecule has 0 saturated heterocycles. The molecule has 2 N–H and O–H groups in total. The maximum absolute atomic E-state index is 12.1. The molecule has 0 amide bonds. The van der Waals surface area contributed by atoms with E-state index in [1.54, 1.807) is 0 Å². The summed E-state index contributed by atoms with van der Waals surface area (Å²) < 4.78 is 36.3. The number of aliphatic hydroxyl groups excluding tert-OH is 1. The number of carboxylic acid groups (broad SMARTS) is 1. The quantitative estimate of drug-likeness (QED) is 0.626. The van der Waals surface area contributed by atoms with E-state index in [-0.39, 0.29) is 17.6 Å². The van der Waals surface area contributed by atoms with Gasteiger partial charge >= 0.3 is 12.1 Å². The first-order valence-corrected chi connectivity index (χ1v) is 4.29. The lowest BCUT2D eigenvalue weighted by Crippen LogP contribution is -2.11. The van der Waals surface area contributed by atoms with E-state index in [2.05, 4.69) is 9.97 Å². The van der Waals surface area contributed by atoms with Crippen LogP contribution in [0.5, 0.6) is 0 Å². The maximum Gasteiger partial charge on any atom is 0.451 e. The molecule has 92 valence electrons. The molecule has 0 saturated carbocycles. The second-order valence-corrected chi connectivity index (χ2v) is 3.05. The van der Waals surface area contributed by atoms with E-state index in [0.29, 0.717) is 6.26 Å². The smallest absolute Gasteiger partial charge is 0.451 e. The van der Waals surface area contributed by atoms with Gasteiger partial charge in [0.25, 0.3) is 0 Å². The Hall–Kier alpha value is -2.12. The van der Waals surface area contributed by atoms with Crippen molar-refractivity contribution in [3.8, 4) is 0 Å². The predicted octanol–water partition coefficient (Wildman–Crippen LogP) is 1.56. The van der Waals surface area contributed by atoms with E-state index in [1.807, 2.05) is 0 Å². The number of halogens is 3. The molecule has 1 rings (SSSR count). The van der Waals surface area contributed by atoms with Crippen molar-refractivity contribution in [3.63, 3.8) is 0 Å². The first-order valence-electron chi connectivity index (χ1n) is 4.29. The van der Waals surface area contributed by atoms with Crippen LogP contribution in [0.25, 0.3) is 0 Å². The molecule has 1 heterocycles. The third-order valence-corrected chi connectivity index (χ3v) is 1.78. The average molecular weight is 248 g/mol. The highest BCUT2D eigenvalue weighted by Crippen LogP contribution is 2.25. The van der Waals surface area contributed by atoms with Crippen LogP contribution in [0, 0.1) is 0 Å². The van der Waals surface area contributed by atoms with Crippen LogP contribution in [0.1, 0.15) is 11.4 Å². The summed E-state index contributed by atoms with van der Waals surface area (Å²) in [5.41, 5.74) is -0.214. The van der Waals surface area contributed by atoms with Crippen LogP contribution in [-0.4, -0.2) is 26.2 Å². The molecule has 5 nitrogen and oxygen atoms in total. The molecule has 0 bridgehead atoms. The van der Waals surface area contributed by atoms with Gasteiger partial charge in [0, 0.05) is 18.8 Å². The van der Waals surface area contributed by atoms with Gasteiger partial charge in [0.15, 0.2) is 0 Å². The molecule has 0 aromatic carbocycles. The molecule has 0 aliphatic heterocycles. The highest BCUT2D eigenvalue weighted by molar-refractivity contribution is 5.86. The average Bonchev–Trinajstić information content (AvgIpc) is 2.25. The Labute approximate surface area is 93.3 Å². The molecule has 0 atom stereocenters. The summed E-state index contributed by atoms with van der Waals surface area (Å²) in [6.45, 7) is 0. The van der Waals surface area contributed by atoms with Crippen LogP contribution in [0.2, 0.25) is 0 Å². The number of hydrogen-bond acceptors (Lipinski definition) is 4. The Bertz CT molecular complexity index is 440. The van der Waals surface area contributed by atoms with E-state index in [0.717, 1.165) is 12.4 Å². The van der Waals surface area contributed by atoms with Crippen LogP contribution < -0.4 is 0 Å². The number of hydrogen-bond donors (Lipinski definition) is 2. The molecule has 0 unspecified atom stereocenters. The van der Waals surface area contributed by atoms with Gasteiger partial charge < -0.3 is 10.2 Å². The highest BCUT2D eigenvalue weighted by Gasteiger charge is 2.34. The van der Waals surface area contributed by atoms with Crippen LogP contribution in [-0.2, 0) is 17.4 Å². The van der Waals surface area contributed by atoms with Crippen molar-refractivity contribution in [1.29, 1.82) is 0 Å². The molecular weight excluding hydrogens is 241 g/mol. The van der Waals surface area contributed by atoms with Gasteiger partial charge in [-0.25, -0.2) is 14.8 Å². The van der Waals surface area contributed by atoms with Crippen LogP contribution >= 0.6 is 0 Å². The summed E-state index contributed by atoms with van der Waals surface area (Å²) in [6.07, 6.45) is -2.80. The van der Waals surface area contributed by atoms with E-state index < -0.39 is 18.0 Å². The monoisotopic (exact) mass is 248 g/mol. The Morgan fingerprint density at radius 1 is 1.35 bits per heavy atom. The molecule has 0 aliphatic rings. The standard InChI is InChI=1S/C9H7F3N2O3/c10-9(11,12)8-13-2-5(3-14-8)1-6(4-15)7(16)17/h2-4,15H,1H2,(H,16,17). The fourth-order valence-electron chi connectivity index (χ4n) is 0.989. The van der Waals surface area contributed by atoms with Crippen molar-refractivity contribution >= 4 is 5.97 Å². The second kappa shape index (κ2) is 4.81. The lowest BCUT2D eigenvalue weighted by molar-refractivity contribution is -0.145. The first-order chi connectivity index (χ1) is 7.84. The van der Waals surface area contributed by atoms with Gasteiger partial charge in [-0.15, -0.1) is 0 Å². The van der Waals surface area contributed by atoms with E-state index >= 15 is 0 Å². The van der Waals surface area contributed by atoms with Crippen LogP contribution in [0.15, 0.2) is 24.2 Å². The molecular formula is C9H7F3N2O3. The molecule has 0 fully saturated rings. The minimum atomic E-state index is -4.64. The summed E-state index contributed by atoms with van der Waals surface area (Å²) in [5, 5.41) is 17.1. The zero-order valence-electron chi connectivity index (χ0n) is 8.27. The molecule has 1 aromatic rings. The van der Waals surface area contributed by atoms with Crippen LogP contribution in [0.3, 0.4) is 0 Å².